The second kappa shape index (κ2) is 16.1. The molecule has 1 N–H and O–H groups in total. The average Bonchev–Trinajstić information content (AvgIpc) is 3.06. The van der Waals surface area contributed by atoms with Crippen LogP contribution in [0.15, 0.2) is 119 Å². The molecule has 0 heterocycles. The van der Waals surface area contributed by atoms with Gasteiger partial charge >= 0.3 is 6.18 Å². The number of nitrogens with zero attached hydrogens (tertiary/aromatic N) is 2. The van der Waals surface area contributed by atoms with Crippen molar-refractivity contribution in [1.82, 2.24) is 10.2 Å². The van der Waals surface area contributed by atoms with Crippen molar-refractivity contribution in [3.8, 4) is 0 Å². The maximum absolute atomic E-state index is 14.4. The molecular formula is C35H35BrF3N3O4S. The molecule has 0 aliphatic carbocycles. The third-order valence-electron chi connectivity index (χ3n) is 7.44. The molecule has 0 spiro atoms. The van der Waals surface area contributed by atoms with Gasteiger partial charge in [-0.1, -0.05) is 96.0 Å². The van der Waals surface area contributed by atoms with Gasteiger partial charge in [0, 0.05) is 24.0 Å². The highest BCUT2D eigenvalue weighted by molar-refractivity contribution is 9.10. The summed E-state index contributed by atoms with van der Waals surface area (Å²) < 4.78 is 70.7. The summed E-state index contributed by atoms with van der Waals surface area (Å²) in [4.78, 5) is 29.3. The number of unbranched alkanes of at least 4 members (excludes halogenated alkanes) is 1. The number of rotatable bonds is 14. The summed E-state index contributed by atoms with van der Waals surface area (Å²) in [5, 5.41) is 2.90. The van der Waals surface area contributed by atoms with Crippen LogP contribution in [0, 0.1) is 0 Å². The Bertz CT molecular complexity index is 1740. The second-order valence-electron chi connectivity index (χ2n) is 10.9. The number of sulfonamides is 1. The Labute approximate surface area is 281 Å². The average molecular weight is 731 g/mol. The molecule has 0 aliphatic rings. The summed E-state index contributed by atoms with van der Waals surface area (Å²) >= 11 is 3.40. The zero-order chi connectivity index (χ0) is 34.0. The Kier molecular flexibility index (Phi) is 12.2. The van der Waals surface area contributed by atoms with Crippen molar-refractivity contribution in [3.05, 3.63) is 130 Å². The summed E-state index contributed by atoms with van der Waals surface area (Å²) in [6, 6.07) is 26.1. The van der Waals surface area contributed by atoms with Crippen molar-refractivity contribution < 1.29 is 31.2 Å². The van der Waals surface area contributed by atoms with Gasteiger partial charge < -0.3 is 10.2 Å². The van der Waals surface area contributed by atoms with E-state index in [4.69, 9.17) is 0 Å². The maximum atomic E-state index is 14.4. The molecule has 248 valence electrons. The fourth-order valence-electron chi connectivity index (χ4n) is 4.93. The number of alkyl halides is 3. The molecule has 0 saturated heterocycles. The molecule has 4 aromatic rings. The predicted octanol–water partition coefficient (Wildman–Crippen LogP) is 7.22. The predicted molar refractivity (Wildman–Crippen MR) is 179 cm³/mol. The minimum absolute atomic E-state index is 0.0629. The van der Waals surface area contributed by atoms with Gasteiger partial charge in [0.05, 0.1) is 16.1 Å². The standard InChI is InChI=1S/C35H35BrF3N3O4S/c1-2-3-21-40-34(44)32(22-26-11-6-4-7-12-26)41(24-27-17-19-29(36)20-18-27)33(43)25-42(47(45,46)31-15-8-5-9-16-31)30-14-10-13-28(23-30)35(37,38)39/h4-20,23,32H,2-3,21-22,24-25H2,1H3,(H,40,44)/t32-/m0/s1. The third kappa shape index (κ3) is 9.68. The number of anilines is 1. The van der Waals surface area contributed by atoms with Crippen LogP contribution in [-0.4, -0.2) is 44.3 Å². The van der Waals surface area contributed by atoms with Crippen LogP contribution in [0.25, 0.3) is 0 Å². The Balaban J connectivity index is 1.82. The van der Waals surface area contributed by atoms with E-state index in [2.05, 4.69) is 21.2 Å². The number of nitrogens with one attached hydrogen (secondary N) is 1. The lowest BCUT2D eigenvalue weighted by atomic mass is 10.0. The molecule has 0 aromatic heterocycles. The summed E-state index contributed by atoms with van der Waals surface area (Å²) in [6.45, 7) is 1.43. The minimum atomic E-state index is -4.76. The number of halogens is 4. The molecule has 0 unspecified atom stereocenters. The quantitative estimate of drug-likeness (QED) is 0.139. The van der Waals surface area contributed by atoms with Gasteiger partial charge in [-0.2, -0.15) is 13.2 Å². The van der Waals surface area contributed by atoms with Crippen molar-refractivity contribution >= 4 is 43.5 Å². The second-order valence-corrected chi connectivity index (χ2v) is 13.6. The van der Waals surface area contributed by atoms with Crippen LogP contribution >= 0.6 is 15.9 Å². The SMILES string of the molecule is CCCCNC(=O)[C@H](Cc1ccccc1)N(Cc1ccc(Br)cc1)C(=O)CN(c1cccc(C(F)(F)F)c1)S(=O)(=O)c1ccccc1. The van der Waals surface area contributed by atoms with Crippen molar-refractivity contribution in [2.45, 2.75) is 49.8 Å². The van der Waals surface area contributed by atoms with Crippen LogP contribution < -0.4 is 9.62 Å². The van der Waals surface area contributed by atoms with Gasteiger partial charge in [0.2, 0.25) is 11.8 Å². The number of amides is 2. The zero-order valence-corrected chi connectivity index (χ0v) is 28.1. The Morgan fingerprint density at radius 1 is 0.851 bits per heavy atom. The van der Waals surface area contributed by atoms with Crippen LogP contribution in [-0.2, 0) is 38.8 Å². The van der Waals surface area contributed by atoms with Crippen LogP contribution in [0.1, 0.15) is 36.5 Å². The molecule has 0 aliphatic heterocycles. The van der Waals surface area contributed by atoms with Gasteiger partial charge in [0.15, 0.2) is 0 Å². The molecule has 1 atom stereocenters. The van der Waals surface area contributed by atoms with Crippen LogP contribution in [0.2, 0.25) is 0 Å². The van der Waals surface area contributed by atoms with E-state index in [1.807, 2.05) is 37.3 Å². The van der Waals surface area contributed by atoms with Gasteiger partial charge in [-0.05, 0) is 60.0 Å². The van der Waals surface area contributed by atoms with Gasteiger partial charge in [0.25, 0.3) is 10.0 Å². The number of benzene rings is 4. The normalized spacial score (nSPS) is 12.3. The number of carbonyl (C=O) groups is 2. The highest BCUT2D eigenvalue weighted by atomic mass is 79.9. The van der Waals surface area contributed by atoms with E-state index in [0.717, 1.165) is 28.6 Å². The van der Waals surface area contributed by atoms with Gasteiger partial charge in [-0.3, -0.25) is 13.9 Å². The van der Waals surface area contributed by atoms with E-state index in [1.54, 1.807) is 30.3 Å². The van der Waals surface area contributed by atoms with E-state index in [9.17, 15) is 31.2 Å². The Morgan fingerprint density at radius 3 is 2.11 bits per heavy atom. The fourth-order valence-corrected chi connectivity index (χ4v) is 6.62. The summed E-state index contributed by atoms with van der Waals surface area (Å²) in [7, 11) is -4.53. The molecule has 2 amide bonds. The number of carbonyl (C=O) groups excluding carboxylic acids is 2. The molecule has 12 heteroatoms. The molecule has 0 radical (unpaired) electrons. The smallest absolute Gasteiger partial charge is 0.354 e. The lowest BCUT2D eigenvalue weighted by Gasteiger charge is -2.34. The van der Waals surface area contributed by atoms with E-state index in [0.29, 0.717) is 28.9 Å². The summed E-state index contributed by atoms with van der Waals surface area (Å²) in [5.74, 6) is -1.19. The first-order chi connectivity index (χ1) is 22.4. The molecule has 0 fully saturated rings. The monoisotopic (exact) mass is 729 g/mol. The maximum Gasteiger partial charge on any atom is 0.416 e. The minimum Gasteiger partial charge on any atom is -0.354 e. The first-order valence-electron chi connectivity index (χ1n) is 15.0. The molecule has 4 rings (SSSR count). The van der Waals surface area contributed by atoms with Crippen molar-refractivity contribution in [1.29, 1.82) is 0 Å². The zero-order valence-electron chi connectivity index (χ0n) is 25.7. The number of hydrogen-bond donors (Lipinski definition) is 1. The van der Waals surface area contributed by atoms with Crippen molar-refractivity contribution in [2.24, 2.45) is 0 Å². The topological polar surface area (TPSA) is 86.8 Å². The van der Waals surface area contributed by atoms with Crippen molar-refractivity contribution in [2.75, 3.05) is 17.4 Å². The molecular weight excluding hydrogens is 695 g/mol. The van der Waals surface area contributed by atoms with E-state index in [1.165, 1.54) is 35.2 Å². The molecule has 7 nitrogen and oxygen atoms in total. The third-order valence-corrected chi connectivity index (χ3v) is 9.76. The first kappa shape index (κ1) is 35.7. The Morgan fingerprint density at radius 2 is 1.49 bits per heavy atom. The van der Waals surface area contributed by atoms with E-state index in [-0.39, 0.29) is 23.5 Å². The molecule has 47 heavy (non-hydrogen) atoms. The Hall–Kier alpha value is -4.16. The largest absolute Gasteiger partial charge is 0.416 e. The highest BCUT2D eigenvalue weighted by Crippen LogP contribution is 2.33. The highest BCUT2D eigenvalue weighted by Gasteiger charge is 2.36. The van der Waals surface area contributed by atoms with Gasteiger partial charge in [0.1, 0.15) is 12.6 Å². The van der Waals surface area contributed by atoms with Crippen molar-refractivity contribution in [3.63, 3.8) is 0 Å². The van der Waals surface area contributed by atoms with E-state index >= 15 is 0 Å². The molecule has 4 aromatic carbocycles. The van der Waals surface area contributed by atoms with E-state index < -0.39 is 46.2 Å². The fraction of sp³-hybridized carbons (Fsp3) is 0.257. The first-order valence-corrected chi connectivity index (χ1v) is 17.2. The molecule has 0 saturated carbocycles. The summed E-state index contributed by atoms with van der Waals surface area (Å²) in [5.41, 5.74) is 0.0215. The van der Waals surface area contributed by atoms with Crippen LogP contribution in [0.4, 0.5) is 18.9 Å². The van der Waals surface area contributed by atoms with Crippen LogP contribution in [0.5, 0.6) is 0 Å². The van der Waals surface area contributed by atoms with Gasteiger partial charge in [-0.15, -0.1) is 0 Å². The molecule has 0 bridgehead atoms. The number of hydrogen-bond acceptors (Lipinski definition) is 4. The lowest BCUT2D eigenvalue weighted by Crippen LogP contribution is -2.53. The summed E-state index contributed by atoms with van der Waals surface area (Å²) in [6.07, 6.45) is -3.10. The van der Waals surface area contributed by atoms with Crippen LogP contribution in [0.3, 0.4) is 0 Å². The van der Waals surface area contributed by atoms with Gasteiger partial charge in [-0.25, -0.2) is 8.42 Å². The lowest BCUT2D eigenvalue weighted by molar-refractivity contribution is -0.140.